The van der Waals surface area contributed by atoms with Gasteiger partial charge in [0, 0.05) is 23.7 Å². The summed E-state index contributed by atoms with van der Waals surface area (Å²) >= 11 is 0. The van der Waals surface area contributed by atoms with Crippen LogP contribution in [0.1, 0.15) is 58.7 Å². The van der Waals surface area contributed by atoms with Gasteiger partial charge in [-0.05, 0) is 37.0 Å². The summed E-state index contributed by atoms with van der Waals surface area (Å²) in [5, 5.41) is 0. The van der Waals surface area contributed by atoms with Gasteiger partial charge >= 0.3 is 5.97 Å². The van der Waals surface area contributed by atoms with Gasteiger partial charge in [0.15, 0.2) is 0 Å². The number of rotatable bonds is 8. The lowest BCUT2D eigenvalue weighted by Crippen LogP contribution is -2.41. The van der Waals surface area contributed by atoms with Crippen LogP contribution in [0.3, 0.4) is 0 Å². The normalized spacial score (nSPS) is 15.0. The maximum absolute atomic E-state index is 13.3. The van der Waals surface area contributed by atoms with Gasteiger partial charge in [-0.15, -0.1) is 0 Å². The first-order valence-electron chi connectivity index (χ1n) is 9.61. The molecule has 2 aromatic rings. The van der Waals surface area contributed by atoms with Crippen LogP contribution in [0.2, 0.25) is 0 Å². The molecule has 0 spiro atoms. The van der Waals surface area contributed by atoms with Gasteiger partial charge in [-0.2, -0.15) is 0 Å². The number of ether oxygens (including phenoxy) is 1. The molecule has 0 amide bonds. The highest BCUT2D eigenvalue weighted by atomic mass is 16.5. The molecule has 0 aliphatic heterocycles. The number of nitrogens with one attached hydrogen (secondary N) is 1. The van der Waals surface area contributed by atoms with Crippen LogP contribution in [0.5, 0.6) is 0 Å². The van der Waals surface area contributed by atoms with E-state index in [9.17, 15) is 9.59 Å². The molecule has 0 bridgehead atoms. The highest BCUT2D eigenvalue weighted by molar-refractivity contribution is 5.88. The molecule has 0 fully saturated rings. The van der Waals surface area contributed by atoms with Gasteiger partial charge in [-0.3, -0.25) is 9.59 Å². The third-order valence-electron chi connectivity index (χ3n) is 4.97. The number of benzene rings is 1. The van der Waals surface area contributed by atoms with E-state index in [2.05, 4.69) is 4.98 Å². The summed E-state index contributed by atoms with van der Waals surface area (Å²) in [4.78, 5) is 29.0. The zero-order valence-corrected chi connectivity index (χ0v) is 17.0. The summed E-state index contributed by atoms with van der Waals surface area (Å²) in [6.07, 6.45) is 2.74. The second kappa shape index (κ2) is 8.55. The van der Waals surface area contributed by atoms with Crippen molar-refractivity contribution in [3.8, 4) is 0 Å². The molecule has 2 atom stereocenters. The lowest BCUT2D eigenvalue weighted by atomic mass is 9.70. The maximum atomic E-state index is 13.3. The van der Waals surface area contributed by atoms with Gasteiger partial charge in [0.2, 0.25) is 0 Å². The Kier molecular flexibility index (Phi) is 6.63. The van der Waals surface area contributed by atoms with Crippen LogP contribution in [0, 0.1) is 11.3 Å². The standard InChI is InChI=1S/C23H31NO3/c1-6-27-21(26)23(19-13-10-14-24-19,18-11-8-7-9-12-18)16-17(2)15-20(25)22(3,4)5/h7-14,17,24H,6,15-16H2,1-5H3. The first-order valence-corrected chi connectivity index (χ1v) is 9.61. The molecule has 1 heterocycles. The van der Waals surface area contributed by atoms with Crippen LogP contribution in [-0.4, -0.2) is 23.3 Å². The highest BCUT2D eigenvalue weighted by Crippen LogP contribution is 2.40. The fraction of sp³-hybridized carbons (Fsp3) is 0.478. The van der Waals surface area contributed by atoms with E-state index >= 15 is 0 Å². The molecule has 0 aliphatic carbocycles. The van der Waals surface area contributed by atoms with Crippen molar-refractivity contribution in [2.24, 2.45) is 11.3 Å². The molecular weight excluding hydrogens is 338 g/mol. The van der Waals surface area contributed by atoms with E-state index < -0.39 is 5.41 Å². The average Bonchev–Trinajstić information content (AvgIpc) is 3.14. The number of Topliss-reactive ketones (excluding diaryl/α,β-unsaturated/α-hetero) is 1. The number of aromatic nitrogens is 1. The number of aromatic amines is 1. The minimum Gasteiger partial charge on any atom is -0.465 e. The first kappa shape index (κ1) is 20.9. The molecule has 1 N–H and O–H groups in total. The lowest BCUT2D eigenvalue weighted by Gasteiger charge is -2.34. The van der Waals surface area contributed by atoms with Gasteiger partial charge in [-0.1, -0.05) is 58.0 Å². The number of hydrogen-bond donors (Lipinski definition) is 1. The van der Waals surface area contributed by atoms with Crippen LogP contribution in [0.15, 0.2) is 48.7 Å². The van der Waals surface area contributed by atoms with Crippen molar-refractivity contribution in [1.29, 1.82) is 0 Å². The molecule has 1 aromatic heterocycles. The Labute approximate surface area is 162 Å². The van der Waals surface area contributed by atoms with Crippen LogP contribution < -0.4 is 0 Å². The van der Waals surface area contributed by atoms with E-state index in [-0.39, 0.29) is 23.1 Å². The zero-order chi connectivity index (χ0) is 20.1. The monoisotopic (exact) mass is 369 g/mol. The zero-order valence-electron chi connectivity index (χ0n) is 17.0. The fourth-order valence-electron chi connectivity index (χ4n) is 3.48. The molecule has 146 valence electrons. The molecule has 4 nitrogen and oxygen atoms in total. The Morgan fingerprint density at radius 1 is 1.07 bits per heavy atom. The van der Waals surface area contributed by atoms with Gasteiger partial charge in [-0.25, -0.2) is 0 Å². The Hall–Kier alpha value is -2.36. The molecule has 0 aliphatic rings. The van der Waals surface area contributed by atoms with E-state index in [1.54, 1.807) is 0 Å². The van der Waals surface area contributed by atoms with Gasteiger partial charge in [0.25, 0.3) is 0 Å². The van der Waals surface area contributed by atoms with Crippen LogP contribution in [0.4, 0.5) is 0 Å². The van der Waals surface area contributed by atoms with Crippen LogP contribution >= 0.6 is 0 Å². The Balaban J connectivity index is 2.48. The number of H-pyrrole nitrogens is 1. The van der Waals surface area contributed by atoms with Crippen molar-refractivity contribution in [2.45, 2.75) is 52.9 Å². The van der Waals surface area contributed by atoms with Crippen molar-refractivity contribution in [3.05, 3.63) is 59.9 Å². The molecule has 0 saturated heterocycles. The number of hydrogen-bond acceptors (Lipinski definition) is 3. The maximum Gasteiger partial charge on any atom is 0.322 e. The van der Waals surface area contributed by atoms with Gasteiger partial charge in [0.05, 0.1) is 6.61 Å². The minimum absolute atomic E-state index is 0.0182. The minimum atomic E-state index is -0.960. The largest absolute Gasteiger partial charge is 0.465 e. The fourth-order valence-corrected chi connectivity index (χ4v) is 3.48. The highest BCUT2D eigenvalue weighted by Gasteiger charge is 2.45. The van der Waals surface area contributed by atoms with Crippen LogP contribution in [0.25, 0.3) is 0 Å². The number of ketones is 1. The summed E-state index contributed by atoms with van der Waals surface area (Å²) in [5.41, 5.74) is 0.321. The van der Waals surface area contributed by atoms with Crippen molar-refractivity contribution >= 4 is 11.8 Å². The summed E-state index contributed by atoms with van der Waals surface area (Å²) < 4.78 is 5.51. The van der Waals surface area contributed by atoms with E-state index in [1.165, 1.54) is 0 Å². The van der Waals surface area contributed by atoms with Crippen LogP contribution in [-0.2, 0) is 19.7 Å². The SMILES string of the molecule is CCOC(=O)C(CC(C)CC(=O)C(C)(C)C)(c1ccccc1)c1ccc[nH]1. The predicted molar refractivity (Wildman–Crippen MR) is 108 cm³/mol. The topological polar surface area (TPSA) is 59.2 Å². The Morgan fingerprint density at radius 3 is 2.26 bits per heavy atom. The summed E-state index contributed by atoms with van der Waals surface area (Å²) in [5.74, 6) is -0.0642. The van der Waals surface area contributed by atoms with Crippen molar-refractivity contribution in [3.63, 3.8) is 0 Å². The summed E-state index contributed by atoms with van der Waals surface area (Å²) in [6, 6.07) is 13.5. The summed E-state index contributed by atoms with van der Waals surface area (Å²) in [6.45, 7) is 9.95. The smallest absolute Gasteiger partial charge is 0.322 e. The summed E-state index contributed by atoms with van der Waals surface area (Å²) in [7, 11) is 0. The van der Waals surface area contributed by atoms with E-state index in [4.69, 9.17) is 4.74 Å². The number of carbonyl (C=O) groups excluding carboxylic acids is 2. The third kappa shape index (κ3) is 4.68. The first-order chi connectivity index (χ1) is 12.7. The lowest BCUT2D eigenvalue weighted by molar-refractivity contribution is -0.149. The second-order valence-corrected chi connectivity index (χ2v) is 8.26. The molecular formula is C23H31NO3. The molecule has 4 heteroatoms. The predicted octanol–water partition coefficient (Wildman–Crippen LogP) is 4.90. The molecule has 1 aromatic carbocycles. The number of carbonyl (C=O) groups is 2. The number of esters is 1. The molecule has 27 heavy (non-hydrogen) atoms. The Morgan fingerprint density at radius 2 is 1.74 bits per heavy atom. The van der Waals surface area contributed by atoms with E-state index in [0.29, 0.717) is 19.4 Å². The van der Waals surface area contributed by atoms with E-state index in [0.717, 1.165) is 11.3 Å². The van der Waals surface area contributed by atoms with Gasteiger partial charge < -0.3 is 9.72 Å². The quantitative estimate of drug-likeness (QED) is 0.674. The third-order valence-corrected chi connectivity index (χ3v) is 4.97. The van der Waals surface area contributed by atoms with Gasteiger partial charge in [0.1, 0.15) is 11.2 Å². The molecule has 0 radical (unpaired) electrons. The Bertz CT molecular complexity index is 744. The van der Waals surface area contributed by atoms with Crippen molar-refractivity contribution in [1.82, 2.24) is 4.98 Å². The van der Waals surface area contributed by atoms with Crippen molar-refractivity contribution in [2.75, 3.05) is 6.61 Å². The van der Waals surface area contributed by atoms with Crippen molar-refractivity contribution < 1.29 is 14.3 Å². The average molecular weight is 370 g/mol. The molecule has 2 unspecified atom stereocenters. The van der Waals surface area contributed by atoms with E-state index in [1.807, 2.05) is 83.3 Å². The molecule has 0 saturated carbocycles. The molecule has 2 rings (SSSR count). The second-order valence-electron chi connectivity index (χ2n) is 8.26.